The third-order valence-corrected chi connectivity index (χ3v) is 3.52. The van der Waals surface area contributed by atoms with E-state index < -0.39 is 23.9 Å². The summed E-state index contributed by atoms with van der Waals surface area (Å²) in [4.78, 5) is 41.8. The zero-order valence-electron chi connectivity index (χ0n) is 12.6. The Balaban J connectivity index is 0.000000260. The lowest BCUT2D eigenvalue weighted by molar-refractivity contribution is 0.0681. The Bertz CT molecular complexity index is 818. The van der Waals surface area contributed by atoms with Crippen molar-refractivity contribution in [3.05, 3.63) is 68.7 Å². The van der Waals surface area contributed by atoms with Gasteiger partial charge in [0.15, 0.2) is 0 Å². The Labute approximate surface area is 155 Å². The highest BCUT2D eigenvalue weighted by Crippen LogP contribution is 2.18. The van der Waals surface area contributed by atoms with Gasteiger partial charge in [-0.15, -0.1) is 0 Å². The molecule has 2 aromatic carbocycles. The first kappa shape index (κ1) is 20.9. The van der Waals surface area contributed by atoms with Crippen LogP contribution < -0.4 is 0 Å². The minimum Gasteiger partial charge on any atom is -0.478 e. The van der Waals surface area contributed by atoms with E-state index in [4.69, 9.17) is 43.6 Å². The van der Waals surface area contributed by atoms with Gasteiger partial charge in [0.25, 0.3) is 0 Å². The summed E-state index contributed by atoms with van der Waals surface area (Å²) in [6, 6.07) is 6.91. The number of rotatable bonds is 4. The van der Waals surface area contributed by atoms with Crippen LogP contribution in [-0.4, -0.2) is 44.3 Å². The largest absolute Gasteiger partial charge is 0.478 e. The van der Waals surface area contributed by atoms with Gasteiger partial charge in [-0.2, -0.15) is 0 Å². The van der Waals surface area contributed by atoms with Crippen LogP contribution in [0.5, 0.6) is 0 Å². The van der Waals surface area contributed by atoms with E-state index in [1.165, 1.54) is 12.1 Å². The van der Waals surface area contributed by atoms with Gasteiger partial charge in [-0.05, 0) is 36.4 Å². The third kappa shape index (κ3) is 5.47. The van der Waals surface area contributed by atoms with Crippen molar-refractivity contribution in [2.75, 3.05) is 0 Å². The molecule has 4 N–H and O–H groups in total. The second-order valence-corrected chi connectivity index (χ2v) is 5.42. The Morgan fingerprint density at radius 3 is 1.08 bits per heavy atom. The number of carboxylic acid groups (broad SMARTS) is 4. The lowest BCUT2D eigenvalue weighted by Gasteiger charge is -1.99. The third-order valence-electron chi connectivity index (χ3n) is 2.89. The summed E-state index contributed by atoms with van der Waals surface area (Å²) in [7, 11) is 0. The number of aromatic carboxylic acids is 4. The molecule has 0 atom stereocenters. The smallest absolute Gasteiger partial charge is 0.337 e. The molecule has 0 aliphatic heterocycles. The topological polar surface area (TPSA) is 149 Å². The zero-order valence-corrected chi connectivity index (χ0v) is 14.2. The lowest BCUT2D eigenvalue weighted by atomic mass is 10.1. The molecule has 0 radical (unpaired) electrons. The summed E-state index contributed by atoms with van der Waals surface area (Å²) in [5.74, 6) is -4.64. The minimum atomic E-state index is -1.18. The fourth-order valence-electron chi connectivity index (χ4n) is 1.64. The Kier molecular flexibility index (Phi) is 7.12. The van der Waals surface area contributed by atoms with Crippen molar-refractivity contribution in [2.45, 2.75) is 0 Å². The molecule has 0 unspecified atom stereocenters. The van der Waals surface area contributed by atoms with E-state index in [9.17, 15) is 19.2 Å². The van der Waals surface area contributed by atoms with Crippen LogP contribution >= 0.6 is 23.2 Å². The van der Waals surface area contributed by atoms with Gasteiger partial charge in [-0.1, -0.05) is 23.2 Å². The van der Waals surface area contributed by atoms with Crippen molar-refractivity contribution in [3.8, 4) is 0 Å². The van der Waals surface area contributed by atoms with Gasteiger partial charge in [0, 0.05) is 0 Å². The van der Waals surface area contributed by atoms with Crippen LogP contribution in [0.2, 0.25) is 10.0 Å². The number of hydrogen-bond donors (Lipinski definition) is 4. The molecular formula is C16H10Cl2O8. The zero-order chi connectivity index (χ0) is 20.0. The van der Waals surface area contributed by atoms with Gasteiger partial charge in [0.05, 0.1) is 32.3 Å². The predicted molar refractivity (Wildman–Crippen MR) is 90.7 cm³/mol. The Morgan fingerprint density at radius 1 is 0.577 bits per heavy atom. The molecule has 26 heavy (non-hydrogen) atoms. The standard InChI is InChI=1S/2C8H5ClO4/c2*9-6-3-4(7(10)11)1-2-5(6)8(12)13/h2*1-3H,(H,10,11)(H,12,13). The van der Waals surface area contributed by atoms with Gasteiger partial charge >= 0.3 is 23.9 Å². The van der Waals surface area contributed by atoms with E-state index in [0.29, 0.717) is 0 Å². The molecular weight excluding hydrogens is 391 g/mol. The predicted octanol–water partition coefficient (Wildman–Crippen LogP) is 3.47. The second kappa shape index (κ2) is 8.84. The van der Waals surface area contributed by atoms with Crippen molar-refractivity contribution in [2.24, 2.45) is 0 Å². The lowest BCUT2D eigenvalue weighted by Crippen LogP contribution is -2.01. The van der Waals surface area contributed by atoms with Gasteiger partial charge in [0.2, 0.25) is 0 Å². The molecule has 2 aromatic rings. The highest BCUT2D eigenvalue weighted by Gasteiger charge is 2.12. The molecule has 0 aliphatic rings. The van der Waals surface area contributed by atoms with Crippen molar-refractivity contribution >= 4 is 47.1 Å². The molecule has 0 aliphatic carbocycles. The van der Waals surface area contributed by atoms with E-state index in [-0.39, 0.29) is 32.3 Å². The molecule has 0 spiro atoms. The first-order chi connectivity index (χ1) is 12.0. The molecule has 0 aromatic heterocycles. The van der Waals surface area contributed by atoms with Crippen LogP contribution in [0.4, 0.5) is 0 Å². The van der Waals surface area contributed by atoms with Crippen LogP contribution in [0, 0.1) is 0 Å². The summed E-state index contributed by atoms with van der Waals surface area (Å²) in [6.07, 6.45) is 0. The van der Waals surface area contributed by atoms with E-state index in [0.717, 1.165) is 24.3 Å². The van der Waals surface area contributed by atoms with Gasteiger partial charge in [-0.3, -0.25) is 0 Å². The summed E-state index contributed by atoms with van der Waals surface area (Å²) >= 11 is 11.0. The summed E-state index contributed by atoms with van der Waals surface area (Å²) in [6.45, 7) is 0. The SMILES string of the molecule is O=C(O)c1ccc(C(=O)O)c(Cl)c1.O=C(O)c1ccc(C(=O)O)c(Cl)c1. The number of hydrogen-bond acceptors (Lipinski definition) is 4. The fraction of sp³-hybridized carbons (Fsp3) is 0. The maximum absolute atomic E-state index is 10.5. The van der Waals surface area contributed by atoms with Crippen molar-refractivity contribution in [3.63, 3.8) is 0 Å². The molecule has 0 saturated heterocycles. The first-order valence-corrected chi connectivity index (χ1v) is 7.32. The highest BCUT2D eigenvalue weighted by molar-refractivity contribution is 6.34. The van der Waals surface area contributed by atoms with Crippen LogP contribution in [0.15, 0.2) is 36.4 Å². The van der Waals surface area contributed by atoms with E-state index >= 15 is 0 Å². The van der Waals surface area contributed by atoms with Crippen LogP contribution in [0.3, 0.4) is 0 Å². The summed E-state index contributed by atoms with van der Waals surface area (Å²) in [5, 5.41) is 34.0. The maximum Gasteiger partial charge on any atom is 0.337 e. The van der Waals surface area contributed by atoms with E-state index in [2.05, 4.69) is 0 Å². The Hall–Kier alpha value is -3.10. The average molecular weight is 401 g/mol. The molecule has 0 bridgehead atoms. The fourth-order valence-corrected chi connectivity index (χ4v) is 2.17. The molecule has 0 heterocycles. The summed E-state index contributed by atoms with van der Waals surface area (Å²) < 4.78 is 0. The molecule has 0 amide bonds. The van der Waals surface area contributed by atoms with Crippen LogP contribution in [0.1, 0.15) is 41.4 Å². The van der Waals surface area contributed by atoms with Gasteiger partial charge in [-0.25, -0.2) is 19.2 Å². The van der Waals surface area contributed by atoms with Crippen LogP contribution in [-0.2, 0) is 0 Å². The maximum atomic E-state index is 10.5. The molecule has 0 saturated carbocycles. The molecule has 136 valence electrons. The van der Waals surface area contributed by atoms with Gasteiger partial charge in [0.1, 0.15) is 0 Å². The number of benzene rings is 2. The average Bonchev–Trinajstić information content (AvgIpc) is 2.54. The number of halogens is 2. The van der Waals surface area contributed by atoms with Crippen molar-refractivity contribution in [1.29, 1.82) is 0 Å². The van der Waals surface area contributed by atoms with Gasteiger partial charge < -0.3 is 20.4 Å². The van der Waals surface area contributed by atoms with Crippen molar-refractivity contribution in [1.82, 2.24) is 0 Å². The minimum absolute atomic E-state index is 0.0324. The monoisotopic (exact) mass is 400 g/mol. The molecule has 10 heteroatoms. The van der Waals surface area contributed by atoms with E-state index in [1.54, 1.807) is 0 Å². The quantitative estimate of drug-likeness (QED) is 0.608. The highest BCUT2D eigenvalue weighted by atomic mass is 35.5. The summed E-state index contributed by atoms with van der Waals surface area (Å²) in [5.41, 5.74) is -0.275. The van der Waals surface area contributed by atoms with E-state index in [1.807, 2.05) is 0 Å². The number of carboxylic acids is 4. The van der Waals surface area contributed by atoms with Crippen molar-refractivity contribution < 1.29 is 39.6 Å². The first-order valence-electron chi connectivity index (χ1n) is 6.56. The second-order valence-electron chi connectivity index (χ2n) is 4.61. The number of carbonyl (C=O) groups is 4. The Morgan fingerprint density at radius 2 is 0.885 bits per heavy atom. The molecule has 0 fully saturated rings. The normalized spacial score (nSPS) is 9.62. The molecule has 8 nitrogen and oxygen atoms in total. The van der Waals surface area contributed by atoms with Crippen LogP contribution in [0.25, 0.3) is 0 Å². The molecule has 2 rings (SSSR count).